The molecule has 19 heavy (non-hydrogen) atoms. The average Bonchev–Trinajstić information content (AvgIpc) is 2.21. The first-order valence-electron chi connectivity index (χ1n) is 5.85. The van der Waals surface area contributed by atoms with Gasteiger partial charge >= 0.3 is 0 Å². The molecule has 1 aromatic heterocycles. The minimum Gasteiger partial charge on any atom is -0.496 e. The van der Waals surface area contributed by atoms with Crippen molar-refractivity contribution in [2.24, 2.45) is 7.05 Å². The summed E-state index contributed by atoms with van der Waals surface area (Å²) in [5, 5.41) is 18.2. The third-order valence-corrected chi connectivity index (χ3v) is 2.94. The average molecular weight is 267 g/mol. The zero-order valence-electron chi connectivity index (χ0n) is 12.4. The Morgan fingerprint density at radius 1 is 1.21 bits per heavy atom. The maximum atomic E-state index is 10.9. The lowest BCUT2D eigenvalue weighted by Crippen LogP contribution is -2.44. The molecule has 5 nitrogen and oxygen atoms in total. The summed E-state index contributed by atoms with van der Waals surface area (Å²) in [5.41, 5.74) is -1.78. The molecule has 0 bridgehead atoms. The molecule has 0 saturated heterocycles. The molecule has 6 heteroatoms. The summed E-state index contributed by atoms with van der Waals surface area (Å²) in [7, 11) is 8.62. The molecule has 0 saturated carbocycles. The van der Waals surface area contributed by atoms with E-state index in [0.717, 1.165) is 0 Å². The van der Waals surface area contributed by atoms with Gasteiger partial charge in [-0.25, -0.2) is 0 Å². The zero-order valence-corrected chi connectivity index (χ0v) is 12.4. The first kappa shape index (κ1) is 17.7. The molecule has 0 aliphatic carbocycles. The molecule has 2 radical (unpaired) electrons. The van der Waals surface area contributed by atoms with Crippen molar-refractivity contribution in [3.63, 3.8) is 0 Å². The lowest BCUT2D eigenvalue weighted by Gasteiger charge is -2.31. The maximum absolute atomic E-state index is 10.9. The summed E-state index contributed by atoms with van der Waals surface area (Å²) in [6.45, 7) is 6.31. The van der Waals surface area contributed by atoms with E-state index in [-0.39, 0.29) is 5.56 Å². The minimum absolute atomic E-state index is 0.136. The highest BCUT2D eigenvalue weighted by molar-refractivity contribution is 6.34. The van der Waals surface area contributed by atoms with Gasteiger partial charge in [0.2, 0.25) is 5.56 Å². The smallest absolute Gasteiger partial charge is 0.249 e. The summed E-state index contributed by atoms with van der Waals surface area (Å²) in [6.07, 6.45) is 1.55. The van der Waals surface area contributed by atoms with Gasteiger partial charge in [-0.2, -0.15) is 0 Å². The summed E-state index contributed by atoms with van der Waals surface area (Å²) in [4.78, 5) is 10.9. The van der Waals surface area contributed by atoms with E-state index in [4.69, 9.17) is 22.8 Å². The fourth-order valence-corrected chi connectivity index (χ4v) is 0.791. The van der Waals surface area contributed by atoms with Crippen molar-refractivity contribution in [3.8, 4) is 5.75 Å². The van der Waals surface area contributed by atoms with Gasteiger partial charge in [-0.3, -0.25) is 4.79 Å². The zero-order chi connectivity index (χ0) is 15.4. The van der Waals surface area contributed by atoms with Gasteiger partial charge in [-0.15, -0.1) is 0 Å². The van der Waals surface area contributed by atoms with E-state index < -0.39 is 11.2 Å². The SMILES string of the molecule is CC(C)(O)C(C)(C)O.[B]c1cc(=O)n(C)cc1OC. The minimum atomic E-state index is -1.01. The molecular formula is C13H22BNO4. The molecule has 0 unspecified atom stereocenters. The van der Waals surface area contributed by atoms with Crippen LogP contribution in [-0.2, 0) is 7.05 Å². The number of rotatable bonds is 2. The lowest BCUT2D eigenvalue weighted by atomic mass is 9.90. The molecule has 0 atom stereocenters. The van der Waals surface area contributed by atoms with Crippen LogP contribution in [0.15, 0.2) is 17.1 Å². The molecule has 0 aliphatic rings. The second kappa shape index (κ2) is 6.26. The molecule has 106 valence electrons. The Morgan fingerprint density at radius 3 is 1.95 bits per heavy atom. The Morgan fingerprint density at radius 2 is 1.63 bits per heavy atom. The van der Waals surface area contributed by atoms with Crippen LogP contribution in [0.4, 0.5) is 0 Å². The molecule has 1 rings (SSSR count). The lowest BCUT2D eigenvalue weighted by molar-refractivity contribution is -0.107. The van der Waals surface area contributed by atoms with Gasteiger partial charge in [0, 0.05) is 19.3 Å². The number of aromatic nitrogens is 1. The summed E-state index contributed by atoms with van der Waals surface area (Å²) in [5.74, 6) is 0.520. The van der Waals surface area contributed by atoms with E-state index in [2.05, 4.69) is 0 Å². The second-order valence-electron chi connectivity index (χ2n) is 5.36. The fraction of sp³-hybridized carbons (Fsp3) is 0.615. The van der Waals surface area contributed by atoms with Crippen molar-refractivity contribution in [1.82, 2.24) is 4.57 Å². The van der Waals surface area contributed by atoms with Crippen LogP contribution in [0.2, 0.25) is 0 Å². The van der Waals surface area contributed by atoms with Gasteiger partial charge in [0.1, 0.15) is 13.6 Å². The van der Waals surface area contributed by atoms with Gasteiger partial charge in [-0.1, -0.05) is 0 Å². The number of nitrogens with zero attached hydrogens (tertiary/aromatic N) is 1. The van der Waals surface area contributed by atoms with E-state index in [1.165, 1.54) is 17.7 Å². The van der Waals surface area contributed by atoms with Crippen LogP contribution < -0.4 is 15.8 Å². The van der Waals surface area contributed by atoms with Gasteiger partial charge < -0.3 is 19.5 Å². The number of ether oxygens (including phenoxy) is 1. The molecule has 1 heterocycles. The molecule has 0 fully saturated rings. The Hall–Kier alpha value is -1.27. The van der Waals surface area contributed by atoms with E-state index in [9.17, 15) is 4.79 Å². The quantitative estimate of drug-likeness (QED) is 0.723. The van der Waals surface area contributed by atoms with E-state index in [0.29, 0.717) is 11.2 Å². The molecular weight excluding hydrogens is 245 g/mol. The molecule has 1 aromatic rings. The third kappa shape index (κ3) is 5.49. The van der Waals surface area contributed by atoms with Gasteiger partial charge in [0.25, 0.3) is 0 Å². The van der Waals surface area contributed by atoms with Crippen LogP contribution in [0.3, 0.4) is 0 Å². The van der Waals surface area contributed by atoms with E-state index in [1.54, 1.807) is 40.9 Å². The molecule has 0 aliphatic heterocycles. The topological polar surface area (TPSA) is 71.7 Å². The highest BCUT2D eigenvalue weighted by atomic mass is 16.5. The van der Waals surface area contributed by atoms with Crippen molar-refractivity contribution < 1.29 is 14.9 Å². The number of aryl methyl sites for hydroxylation is 1. The van der Waals surface area contributed by atoms with E-state index in [1.807, 2.05) is 0 Å². The van der Waals surface area contributed by atoms with Crippen molar-refractivity contribution in [2.45, 2.75) is 38.9 Å². The van der Waals surface area contributed by atoms with Crippen molar-refractivity contribution in [3.05, 3.63) is 22.6 Å². The highest BCUT2D eigenvalue weighted by Crippen LogP contribution is 2.19. The number of pyridine rings is 1. The third-order valence-electron chi connectivity index (χ3n) is 2.94. The summed E-state index contributed by atoms with van der Waals surface area (Å²) >= 11 is 0. The van der Waals surface area contributed by atoms with Crippen LogP contribution in [-0.4, -0.2) is 40.9 Å². The second-order valence-corrected chi connectivity index (χ2v) is 5.36. The van der Waals surface area contributed by atoms with Crippen molar-refractivity contribution in [2.75, 3.05) is 7.11 Å². The molecule has 0 amide bonds. The first-order valence-corrected chi connectivity index (χ1v) is 5.85. The van der Waals surface area contributed by atoms with Crippen LogP contribution >= 0.6 is 0 Å². The van der Waals surface area contributed by atoms with Gasteiger partial charge in [0.15, 0.2) is 0 Å². The molecule has 2 N–H and O–H groups in total. The maximum Gasteiger partial charge on any atom is 0.249 e. The predicted octanol–water partition coefficient (Wildman–Crippen LogP) is -0.284. The van der Waals surface area contributed by atoms with Gasteiger partial charge in [0.05, 0.1) is 18.3 Å². The number of aliphatic hydroxyl groups is 2. The number of methoxy groups -OCH3 is 1. The Bertz CT molecular complexity index is 457. The number of hydrogen-bond donors (Lipinski definition) is 2. The molecule has 0 spiro atoms. The Labute approximate surface area is 115 Å². The largest absolute Gasteiger partial charge is 0.496 e. The van der Waals surface area contributed by atoms with Gasteiger partial charge in [-0.05, 0) is 33.2 Å². The van der Waals surface area contributed by atoms with Crippen LogP contribution in [0.25, 0.3) is 0 Å². The predicted molar refractivity (Wildman–Crippen MR) is 76.2 cm³/mol. The van der Waals surface area contributed by atoms with Crippen molar-refractivity contribution in [1.29, 1.82) is 0 Å². The standard InChI is InChI=1S/C7H8BNO2.C6H14O2/c1-9-4-6(11-2)5(8)3-7(9)10;1-5(2,7)6(3,4)8/h3-4H,1-2H3;7-8H,1-4H3. The summed E-state index contributed by atoms with van der Waals surface area (Å²) in [6, 6.07) is 1.33. The fourth-order valence-electron chi connectivity index (χ4n) is 0.791. The van der Waals surface area contributed by atoms with Crippen LogP contribution in [0, 0.1) is 0 Å². The summed E-state index contributed by atoms with van der Waals surface area (Å²) < 4.78 is 6.31. The van der Waals surface area contributed by atoms with Crippen LogP contribution in [0.1, 0.15) is 27.7 Å². The van der Waals surface area contributed by atoms with Crippen LogP contribution in [0.5, 0.6) is 5.75 Å². The first-order chi connectivity index (χ1) is 8.40. The number of hydrogen-bond acceptors (Lipinski definition) is 4. The Kier molecular flexibility index (Phi) is 5.84. The molecule has 0 aromatic carbocycles. The normalized spacial score (nSPS) is 11.6. The van der Waals surface area contributed by atoms with Crippen molar-refractivity contribution >= 4 is 13.3 Å². The van der Waals surface area contributed by atoms with E-state index >= 15 is 0 Å². The monoisotopic (exact) mass is 267 g/mol. The highest BCUT2D eigenvalue weighted by Gasteiger charge is 2.31. The Balaban J connectivity index is 0.000000362.